The van der Waals surface area contributed by atoms with Crippen LogP contribution in [0, 0.1) is 0 Å². The lowest BCUT2D eigenvalue weighted by Crippen LogP contribution is -2.44. The molecule has 0 spiro atoms. The number of hydrogen-bond donors (Lipinski definition) is 2. The lowest BCUT2D eigenvalue weighted by atomic mass is 10.0. The minimum atomic E-state index is -3.98. The second-order valence-corrected chi connectivity index (χ2v) is 9.39. The Labute approximate surface area is 181 Å². The Morgan fingerprint density at radius 2 is 1.79 bits per heavy atom. The monoisotopic (exact) mass is 458 g/mol. The molecule has 2 aromatic carbocycles. The van der Waals surface area contributed by atoms with Crippen LogP contribution in [0.3, 0.4) is 0 Å². The zero-order valence-electron chi connectivity index (χ0n) is 16.6. The number of ether oxygens (including phenoxy) is 1. The van der Waals surface area contributed by atoms with E-state index < -0.39 is 22.0 Å². The van der Waals surface area contributed by atoms with Crippen LogP contribution in [0.25, 0.3) is 0 Å². The molecule has 1 amide bonds. The van der Waals surface area contributed by atoms with Crippen LogP contribution in [0.15, 0.2) is 41.3 Å². The molecule has 0 radical (unpaired) electrons. The highest BCUT2D eigenvalue weighted by atomic mass is 35.5. The Morgan fingerprint density at radius 1 is 1.10 bits per heavy atom. The molecular formula is C20H24Cl2N2O4S. The van der Waals surface area contributed by atoms with Crippen molar-refractivity contribution in [3.8, 4) is 5.75 Å². The van der Waals surface area contributed by atoms with Gasteiger partial charge in [0.1, 0.15) is 10.6 Å². The molecule has 2 N–H and O–H groups in total. The van der Waals surface area contributed by atoms with E-state index >= 15 is 0 Å². The van der Waals surface area contributed by atoms with Crippen molar-refractivity contribution in [1.29, 1.82) is 0 Å². The van der Waals surface area contributed by atoms with E-state index in [0.29, 0.717) is 15.6 Å². The van der Waals surface area contributed by atoms with Crippen LogP contribution in [-0.4, -0.2) is 27.5 Å². The highest BCUT2D eigenvalue weighted by Crippen LogP contribution is 2.28. The van der Waals surface area contributed by atoms with Crippen molar-refractivity contribution in [1.82, 2.24) is 10.0 Å². The molecule has 0 aliphatic carbocycles. The maximum atomic E-state index is 12.9. The van der Waals surface area contributed by atoms with Gasteiger partial charge in [0.15, 0.2) is 0 Å². The normalized spacial score (nSPS) is 12.7. The van der Waals surface area contributed by atoms with E-state index in [0.717, 1.165) is 5.56 Å². The molecule has 9 heteroatoms. The number of carbonyl (C=O) groups excluding carboxylic acids is 1. The zero-order chi connectivity index (χ0) is 21.8. The molecule has 29 heavy (non-hydrogen) atoms. The molecule has 0 aliphatic heterocycles. The molecule has 158 valence electrons. The standard InChI is InChI=1S/C20H24Cl2N2O4S/c1-12(2)14-6-8-18(28-4)19(9-14)29(26,27)24-13(3)20(25)23-11-15-5-7-16(21)10-17(15)22/h5-10,12-13,24H,11H2,1-4H3,(H,23,25). The molecule has 0 aromatic heterocycles. The van der Waals surface area contributed by atoms with Crippen molar-refractivity contribution in [2.75, 3.05) is 7.11 Å². The summed E-state index contributed by atoms with van der Waals surface area (Å²) in [7, 11) is -2.58. The molecule has 2 rings (SSSR count). The van der Waals surface area contributed by atoms with E-state index in [4.69, 9.17) is 27.9 Å². The van der Waals surface area contributed by atoms with Gasteiger partial charge in [-0.3, -0.25) is 4.79 Å². The van der Waals surface area contributed by atoms with Crippen LogP contribution in [-0.2, 0) is 21.4 Å². The second kappa shape index (κ2) is 9.80. The van der Waals surface area contributed by atoms with Gasteiger partial charge in [0, 0.05) is 16.6 Å². The summed E-state index contributed by atoms with van der Waals surface area (Å²) in [6, 6.07) is 8.91. The van der Waals surface area contributed by atoms with Crippen LogP contribution in [0.4, 0.5) is 0 Å². The Bertz CT molecular complexity index is 994. The molecule has 0 bridgehead atoms. The Balaban J connectivity index is 2.13. The van der Waals surface area contributed by atoms with Crippen molar-refractivity contribution >= 4 is 39.1 Å². The molecule has 1 unspecified atom stereocenters. The summed E-state index contributed by atoms with van der Waals surface area (Å²) in [5.41, 5.74) is 1.52. The fourth-order valence-electron chi connectivity index (χ4n) is 2.61. The largest absolute Gasteiger partial charge is 0.495 e. The van der Waals surface area contributed by atoms with Crippen molar-refractivity contribution in [3.05, 3.63) is 57.6 Å². The van der Waals surface area contributed by atoms with Gasteiger partial charge in [-0.2, -0.15) is 4.72 Å². The van der Waals surface area contributed by atoms with Crippen LogP contribution in [0.1, 0.15) is 37.8 Å². The van der Waals surface area contributed by atoms with Gasteiger partial charge >= 0.3 is 0 Å². The third kappa shape index (κ3) is 6.09. The minimum Gasteiger partial charge on any atom is -0.495 e. The van der Waals surface area contributed by atoms with Gasteiger partial charge < -0.3 is 10.1 Å². The maximum absolute atomic E-state index is 12.9. The summed E-state index contributed by atoms with van der Waals surface area (Å²) >= 11 is 11.9. The third-order valence-corrected chi connectivity index (χ3v) is 6.49. The molecule has 0 heterocycles. The topological polar surface area (TPSA) is 84.5 Å². The molecule has 0 fully saturated rings. The Kier molecular flexibility index (Phi) is 7.94. The lowest BCUT2D eigenvalue weighted by molar-refractivity contribution is -0.122. The smallest absolute Gasteiger partial charge is 0.244 e. The highest BCUT2D eigenvalue weighted by Gasteiger charge is 2.25. The number of amides is 1. The first-order valence-electron chi connectivity index (χ1n) is 8.97. The van der Waals surface area contributed by atoms with E-state index in [2.05, 4.69) is 10.0 Å². The average Bonchev–Trinajstić information content (AvgIpc) is 2.66. The summed E-state index contributed by atoms with van der Waals surface area (Å²) in [6.07, 6.45) is 0. The molecule has 0 saturated carbocycles. The number of hydrogen-bond acceptors (Lipinski definition) is 4. The fraction of sp³-hybridized carbons (Fsp3) is 0.350. The van der Waals surface area contributed by atoms with Crippen LogP contribution >= 0.6 is 23.2 Å². The minimum absolute atomic E-state index is 0.00778. The SMILES string of the molecule is COc1ccc(C(C)C)cc1S(=O)(=O)NC(C)C(=O)NCc1ccc(Cl)cc1Cl. The van der Waals surface area contributed by atoms with Gasteiger partial charge in [0.25, 0.3) is 0 Å². The zero-order valence-corrected chi connectivity index (χ0v) is 19.0. The number of carbonyl (C=O) groups is 1. The number of methoxy groups -OCH3 is 1. The van der Waals surface area contributed by atoms with E-state index in [9.17, 15) is 13.2 Å². The molecular weight excluding hydrogens is 435 g/mol. The Morgan fingerprint density at radius 3 is 2.38 bits per heavy atom. The van der Waals surface area contributed by atoms with Gasteiger partial charge in [0.2, 0.25) is 15.9 Å². The lowest BCUT2D eigenvalue weighted by Gasteiger charge is -2.17. The maximum Gasteiger partial charge on any atom is 0.244 e. The summed E-state index contributed by atoms with van der Waals surface area (Å²) in [5, 5.41) is 3.57. The summed E-state index contributed by atoms with van der Waals surface area (Å²) in [4.78, 5) is 12.4. The molecule has 1 atom stereocenters. The van der Waals surface area contributed by atoms with E-state index in [-0.39, 0.29) is 23.1 Å². The van der Waals surface area contributed by atoms with Crippen molar-refractivity contribution < 1.29 is 17.9 Å². The van der Waals surface area contributed by atoms with Gasteiger partial charge in [-0.05, 0) is 48.2 Å². The van der Waals surface area contributed by atoms with Crippen molar-refractivity contribution in [2.45, 2.75) is 44.2 Å². The molecule has 0 aliphatic rings. The summed E-state index contributed by atoms with van der Waals surface area (Å²) in [6.45, 7) is 5.54. The quantitative estimate of drug-likeness (QED) is 0.623. The molecule has 2 aromatic rings. The number of halogens is 2. The number of benzene rings is 2. The van der Waals surface area contributed by atoms with Crippen molar-refractivity contribution in [3.63, 3.8) is 0 Å². The second-order valence-electron chi connectivity index (χ2n) is 6.86. The van der Waals surface area contributed by atoms with E-state index in [1.807, 2.05) is 19.9 Å². The van der Waals surface area contributed by atoms with Gasteiger partial charge in [0.05, 0.1) is 13.2 Å². The fourth-order valence-corrected chi connectivity index (χ4v) is 4.49. The van der Waals surface area contributed by atoms with E-state index in [1.165, 1.54) is 14.0 Å². The predicted molar refractivity (Wildman–Crippen MR) is 115 cm³/mol. The van der Waals surface area contributed by atoms with Crippen LogP contribution in [0.2, 0.25) is 10.0 Å². The van der Waals surface area contributed by atoms with E-state index in [1.54, 1.807) is 30.3 Å². The average molecular weight is 459 g/mol. The highest BCUT2D eigenvalue weighted by molar-refractivity contribution is 7.89. The van der Waals surface area contributed by atoms with Gasteiger partial charge in [-0.25, -0.2) is 8.42 Å². The first-order valence-corrected chi connectivity index (χ1v) is 11.2. The molecule has 6 nitrogen and oxygen atoms in total. The van der Waals surface area contributed by atoms with Crippen molar-refractivity contribution in [2.24, 2.45) is 0 Å². The Hall–Kier alpha value is -1.80. The number of nitrogens with one attached hydrogen (secondary N) is 2. The molecule has 0 saturated heterocycles. The first kappa shape index (κ1) is 23.5. The predicted octanol–water partition coefficient (Wildman–Crippen LogP) is 4.11. The van der Waals surface area contributed by atoms with Crippen LogP contribution in [0.5, 0.6) is 5.75 Å². The van der Waals surface area contributed by atoms with Gasteiger partial charge in [-0.1, -0.05) is 49.2 Å². The van der Waals surface area contributed by atoms with Crippen LogP contribution < -0.4 is 14.8 Å². The van der Waals surface area contributed by atoms with Gasteiger partial charge in [-0.15, -0.1) is 0 Å². The number of sulfonamides is 1. The number of rotatable bonds is 8. The third-order valence-electron chi connectivity index (χ3n) is 4.34. The summed E-state index contributed by atoms with van der Waals surface area (Å²) in [5.74, 6) is -0.138. The summed E-state index contributed by atoms with van der Waals surface area (Å²) < 4.78 is 33.3. The first-order chi connectivity index (χ1) is 13.5.